The summed E-state index contributed by atoms with van der Waals surface area (Å²) in [5.41, 5.74) is -4.66. The van der Waals surface area contributed by atoms with Crippen LogP contribution >= 0.6 is 0 Å². The van der Waals surface area contributed by atoms with Gasteiger partial charge >= 0.3 is 5.51 Å². The molecule has 1 aliphatic rings. The van der Waals surface area contributed by atoms with E-state index >= 15 is 0 Å². The summed E-state index contributed by atoms with van der Waals surface area (Å²) < 4.78 is 84.7. The first-order valence-corrected chi connectivity index (χ1v) is 11.1. The Morgan fingerprint density at radius 3 is 2.66 bits per heavy atom. The maximum absolute atomic E-state index is 13.8. The fourth-order valence-corrected chi connectivity index (χ4v) is 4.43. The lowest BCUT2D eigenvalue weighted by Gasteiger charge is -2.18. The Kier molecular flexibility index (Phi) is 6.85. The predicted octanol–water partition coefficient (Wildman–Crippen LogP) is 5.19. The molecule has 3 rings (SSSR count). The largest absolute Gasteiger partial charge is 0.483 e. The van der Waals surface area contributed by atoms with E-state index in [2.05, 4.69) is 4.99 Å². The minimum atomic E-state index is -5.27. The number of nitrogens with zero attached hydrogens (tertiary/aromatic N) is 2. The lowest BCUT2D eigenvalue weighted by atomic mass is 10.1. The third kappa shape index (κ3) is 4.76. The van der Waals surface area contributed by atoms with Crippen LogP contribution in [-0.4, -0.2) is 35.7 Å². The van der Waals surface area contributed by atoms with Crippen molar-refractivity contribution < 1.29 is 31.2 Å². The molecule has 2 aromatic rings. The van der Waals surface area contributed by atoms with E-state index in [0.29, 0.717) is 24.3 Å². The van der Waals surface area contributed by atoms with E-state index in [4.69, 9.17) is 19.5 Å². The fourth-order valence-electron chi connectivity index (χ4n) is 3.39. The normalized spacial score (nSPS) is 16.4. The molecule has 0 bridgehead atoms. The number of rotatable bonds is 7. The summed E-state index contributed by atoms with van der Waals surface area (Å²) in [6.45, 7) is 0.700. The number of nitriles is 1. The van der Waals surface area contributed by atoms with E-state index < -0.39 is 26.0 Å². The van der Waals surface area contributed by atoms with Gasteiger partial charge in [-0.2, -0.15) is 18.4 Å². The summed E-state index contributed by atoms with van der Waals surface area (Å²) in [5, 5.41) is 9.01. The van der Waals surface area contributed by atoms with Crippen molar-refractivity contribution in [2.24, 2.45) is 4.99 Å². The van der Waals surface area contributed by atoms with E-state index in [-0.39, 0.29) is 42.0 Å². The van der Waals surface area contributed by atoms with Gasteiger partial charge in [0.2, 0.25) is 0 Å². The number of aliphatic imine (C=N–C) groups is 1. The minimum Gasteiger partial charge on any atom is -0.457 e. The summed E-state index contributed by atoms with van der Waals surface area (Å²) in [7, 11) is -3.62. The number of fused-ring (bicyclic) bond motifs is 1. The molecule has 0 fully saturated rings. The maximum Gasteiger partial charge on any atom is 0.483 e. The number of hydrogen-bond acceptors (Lipinski definition) is 6. The van der Waals surface area contributed by atoms with Gasteiger partial charge in [-0.25, -0.2) is 13.4 Å². The van der Waals surface area contributed by atoms with Crippen LogP contribution in [0.5, 0.6) is 11.5 Å². The Balaban J connectivity index is 2.11. The zero-order chi connectivity index (χ0) is 23.5. The molecule has 6 nitrogen and oxygen atoms in total. The van der Waals surface area contributed by atoms with Gasteiger partial charge in [-0.1, -0.05) is 0 Å². The Labute approximate surface area is 182 Å². The Morgan fingerprint density at radius 2 is 2.00 bits per heavy atom. The highest BCUT2D eigenvalue weighted by atomic mass is 32.2. The van der Waals surface area contributed by atoms with Crippen LogP contribution in [0.3, 0.4) is 0 Å². The highest BCUT2D eigenvalue weighted by Crippen LogP contribution is 2.42. The van der Waals surface area contributed by atoms with Crippen molar-refractivity contribution >= 4 is 15.4 Å². The molecule has 1 atom stereocenters. The van der Waals surface area contributed by atoms with Gasteiger partial charge in [-0.15, -0.1) is 0 Å². The van der Waals surface area contributed by atoms with E-state index in [0.717, 1.165) is 18.2 Å². The molecule has 1 N–H and O–H groups in total. The quantitative estimate of drug-likeness (QED) is 0.446. The molecule has 0 aliphatic heterocycles. The van der Waals surface area contributed by atoms with Crippen molar-refractivity contribution in [3.8, 4) is 17.6 Å². The first-order valence-electron chi connectivity index (χ1n) is 9.50. The molecule has 0 heterocycles. The van der Waals surface area contributed by atoms with E-state index in [1.165, 1.54) is 19.2 Å². The van der Waals surface area contributed by atoms with Crippen molar-refractivity contribution in [1.82, 2.24) is 0 Å². The number of ether oxygens (including phenoxy) is 2. The second-order valence-corrected chi connectivity index (χ2v) is 9.00. The average molecular weight is 469 g/mol. The molecule has 0 amide bonds. The van der Waals surface area contributed by atoms with E-state index in [1.807, 2.05) is 0 Å². The van der Waals surface area contributed by atoms with Crippen LogP contribution in [0, 0.1) is 21.9 Å². The standard InChI is InChI=1S/C21H19F4N3O3S/c1-30-8-2-7-28-17-4-3-16-18(31-15-10-13(12-26)9-14(22)11-15)5-6-19(20(16)17)32(27,29)21(23,24)25/h5-6,9-11,27H,2-4,7-8H2,1H3/b28-17-. The molecule has 0 aromatic heterocycles. The van der Waals surface area contributed by atoms with Crippen LogP contribution in [0.15, 0.2) is 40.2 Å². The van der Waals surface area contributed by atoms with Gasteiger partial charge in [0.15, 0.2) is 9.73 Å². The van der Waals surface area contributed by atoms with Crippen LogP contribution in [0.2, 0.25) is 0 Å². The zero-order valence-corrected chi connectivity index (χ0v) is 17.8. The first kappa shape index (κ1) is 23.7. The Bertz CT molecular complexity index is 1200. The topological polar surface area (TPSA) is 95.5 Å². The summed E-state index contributed by atoms with van der Waals surface area (Å²) in [6, 6.07) is 7.27. The Hall–Kier alpha value is -2.97. The lowest BCUT2D eigenvalue weighted by Crippen LogP contribution is -2.24. The number of alkyl halides is 3. The van der Waals surface area contributed by atoms with Gasteiger partial charge in [0.25, 0.3) is 0 Å². The van der Waals surface area contributed by atoms with E-state index in [1.54, 1.807) is 6.07 Å². The fraction of sp³-hybridized carbons (Fsp3) is 0.333. The number of benzene rings is 2. The van der Waals surface area contributed by atoms with Crippen LogP contribution in [0.4, 0.5) is 17.6 Å². The predicted molar refractivity (Wildman–Crippen MR) is 109 cm³/mol. The third-order valence-electron chi connectivity index (χ3n) is 4.81. The van der Waals surface area contributed by atoms with Gasteiger partial charge in [-0.3, -0.25) is 4.99 Å². The highest BCUT2D eigenvalue weighted by Gasteiger charge is 2.46. The molecule has 32 heavy (non-hydrogen) atoms. The smallest absolute Gasteiger partial charge is 0.457 e. The number of methoxy groups -OCH3 is 1. The molecule has 2 aromatic carbocycles. The summed E-state index contributed by atoms with van der Waals surface area (Å²) in [5.74, 6) is -0.596. The first-order chi connectivity index (χ1) is 15.1. The van der Waals surface area contributed by atoms with Gasteiger partial charge < -0.3 is 9.47 Å². The number of hydrogen-bond donors (Lipinski definition) is 1. The summed E-state index contributed by atoms with van der Waals surface area (Å²) in [6.07, 6.45) is 1.06. The summed E-state index contributed by atoms with van der Waals surface area (Å²) >= 11 is 0. The van der Waals surface area contributed by atoms with Crippen molar-refractivity contribution in [1.29, 1.82) is 10.0 Å². The number of nitrogens with one attached hydrogen (secondary N) is 1. The average Bonchev–Trinajstić information content (AvgIpc) is 3.14. The zero-order valence-electron chi connectivity index (χ0n) is 17.0. The van der Waals surface area contributed by atoms with Crippen molar-refractivity contribution in [3.63, 3.8) is 0 Å². The molecule has 170 valence electrons. The summed E-state index contributed by atoms with van der Waals surface area (Å²) in [4.78, 5) is 3.68. The number of halogens is 4. The molecule has 1 aliphatic carbocycles. The SMILES string of the molecule is COCCC/N=C1/CCc2c(Oc3cc(F)cc(C#N)c3)ccc(S(=N)(=O)C(F)(F)F)c21. The second-order valence-electron chi connectivity index (χ2n) is 6.98. The van der Waals surface area contributed by atoms with Crippen LogP contribution in [0.25, 0.3) is 0 Å². The highest BCUT2D eigenvalue weighted by molar-refractivity contribution is 7.93. The molecule has 0 saturated heterocycles. The van der Waals surface area contributed by atoms with Crippen LogP contribution in [0.1, 0.15) is 29.5 Å². The molecule has 11 heteroatoms. The minimum absolute atomic E-state index is 0.00980. The molecule has 0 spiro atoms. The van der Waals surface area contributed by atoms with Crippen molar-refractivity contribution in [2.75, 3.05) is 20.3 Å². The third-order valence-corrected chi connectivity index (χ3v) is 6.42. The molecule has 0 radical (unpaired) electrons. The Morgan fingerprint density at radius 1 is 1.25 bits per heavy atom. The lowest BCUT2D eigenvalue weighted by molar-refractivity contribution is -0.0406. The van der Waals surface area contributed by atoms with Crippen molar-refractivity contribution in [2.45, 2.75) is 29.7 Å². The van der Waals surface area contributed by atoms with Gasteiger partial charge in [0.1, 0.15) is 17.3 Å². The van der Waals surface area contributed by atoms with Crippen molar-refractivity contribution in [3.05, 3.63) is 52.8 Å². The molecule has 0 saturated carbocycles. The molecule has 1 unspecified atom stereocenters. The molecular weight excluding hydrogens is 450 g/mol. The van der Waals surface area contributed by atoms with Gasteiger partial charge in [0.05, 0.1) is 16.5 Å². The van der Waals surface area contributed by atoms with Crippen LogP contribution in [-0.2, 0) is 20.9 Å². The molecular formula is C21H19F4N3O3S. The van der Waals surface area contributed by atoms with Gasteiger partial charge in [-0.05, 0) is 43.5 Å². The van der Waals surface area contributed by atoms with E-state index in [9.17, 15) is 21.8 Å². The monoisotopic (exact) mass is 469 g/mol. The maximum atomic E-state index is 13.8. The second kappa shape index (κ2) is 9.26. The van der Waals surface area contributed by atoms with Crippen LogP contribution < -0.4 is 4.74 Å². The van der Waals surface area contributed by atoms with Gasteiger partial charge in [0, 0.05) is 43.2 Å².